The van der Waals surface area contributed by atoms with Gasteiger partial charge in [0.1, 0.15) is 11.4 Å². The first-order valence-corrected chi connectivity index (χ1v) is 7.96. The number of rotatable bonds is 4. The van der Waals surface area contributed by atoms with E-state index in [4.69, 9.17) is 4.74 Å². The molecule has 0 unspecified atom stereocenters. The average molecular weight is 319 g/mol. The number of carbonyl (C=O) groups is 1. The van der Waals surface area contributed by atoms with Crippen LogP contribution in [0.2, 0.25) is 0 Å². The monoisotopic (exact) mass is 319 g/mol. The molecule has 0 radical (unpaired) electrons. The molecule has 1 aromatic carbocycles. The van der Waals surface area contributed by atoms with Gasteiger partial charge in [-0.2, -0.15) is 0 Å². The minimum absolute atomic E-state index is 0.105. The zero-order chi connectivity index (χ0) is 17.7. The maximum Gasteiger partial charge on any atom is 0.407 e. The molecule has 0 aromatic heterocycles. The lowest BCUT2D eigenvalue weighted by Gasteiger charge is -2.20. The average Bonchev–Trinajstić information content (AvgIpc) is 2.36. The molecule has 2 N–H and O–H groups in total. The fourth-order valence-corrected chi connectivity index (χ4v) is 2.05. The molecule has 23 heavy (non-hydrogen) atoms. The first-order valence-electron chi connectivity index (χ1n) is 7.96. The standard InChI is InChI=1S/C19H29NO3/c1-18(2,3)15-13-14(10-11-16(15)21)9-7-8-12-20-17(22)23-19(4,5)6/h7,9-11,13,21H,8,12H2,1-6H3,(H,20,22). The predicted octanol–water partition coefficient (Wildman–Crippen LogP) is 4.62. The molecular weight excluding hydrogens is 290 g/mol. The molecule has 0 saturated carbocycles. The molecule has 1 rings (SSSR count). The fraction of sp³-hybridized carbons (Fsp3) is 0.526. The second-order valence-corrected chi connectivity index (χ2v) is 7.65. The van der Waals surface area contributed by atoms with Crippen molar-refractivity contribution in [2.45, 2.75) is 59.0 Å². The van der Waals surface area contributed by atoms with Gasteiger partial charge in [-0.05, 0) is 55.9 Å². The number of carbonyl (C=O) groups excluding carboxylic acids is 1. The minimum atomic E-state index is -0.477. The number of hydrogen-bond acceptors (Lipinski definition) is 3. The molecule has 0 spiro atoms. The fourth-order valence-electron chi connectivity index (χ4n) is 2.05. The Hall–Kier alpha value is -1.97. The van der Waals surface area contributed by atoms with Crippen molar-refractivity contribution in [2.75, 3.05) is 6.54 Å². The van der Waals surface area contributed by atoms with Crippen LogP contribution in [0.4, 0.5) is 4.79 Å². The minimum Gasteiger partial charge on any atom is -0.508 e. The Morgan fingerprint density at radius 1 is 1.22 bits per heavy atom. The SMILES string of the molecule is CC(C)(C)OC(=O)NCCC=Cc1ccc(O)c(C(C)(C)C)c1. The number of benzene rings is 1. The van der Waals surface area contributed by atoms with Crippen molar-refractivity contribution in [3.8, 4) is 5.75 Å². The van der Waals surface area contributed by atoms with Gasteiger partial charge in [-0.25, -0.2) is 4.79 Å². The quantitative estimate of drug-likeness (QED) is 0.796. The number of nitrogens with one attached hydrogen (secondary N) is 1. The van der Waals surface area contributed by atoms with Gasteiger partial charge >= 0.3 is 6.09 Å². The lowest BCUT2D eigenvalue weighted by molar-refractivity contribution is 0.0529. The summed E-state index contributed by atoms with van der Waals surface area (Å²) in [5.41, 5.74) is 1.37. The highest BCUT2D eigenvalue weighted by Crippen LogP contribution is 2.31. The molecule has 0 heterocycles. The van der Waals surface area contributed by atoms with Gasteiger partial charge in [0.15, 0.2) is 0 Å². The number of aromatic hydroxyl groups is 1. The summed E-state index contributed by atoms with van der Waals surface area (Å²) in [6.45, 7) is 12.2. The molecule has 4 nitrogen and oxygen atoms in total. The van der Waals surface area contributed by atoms with Crippen molar-refractivity contribution in [2.24, 2.45) is 0 Å². The van der Waals surface area contributed by atoms with Crippen LogP contribution in [0.1, 0.15) is 59.1 Å². The van der Waals surface area contributed by atoms with Crippen LogP contribution in [0.15, 0.2) is 24.3 Å². The Balaban J connectivity index is 2.52. The maximum absolute atomic E-state index is 11.5. The van der Waals surface area contributed by atoms with E-state index in [1.54, 1.807) is 6.07 Å². The van der Waals surface area contributed by atoms with Crippen LogP contribution < -0.4 is 5.32 Å². The summed E-state index contributed by atoms with van der Waals surface area (Å²) in [4.78, 5) is 11.5. The van der Waals surface area contributed by atoms with Gasteiger partial charge in [0.2, 0.25) is 0 Å². The molecule has 0 saturated heterocycles. The Morgan fingerprint density at radius 2 is 1.87 bits per heavy atom. The molecular formula is C19H29NO3. The molecule has 4 heteroatoms. The van der Waals surface area contributed by atoms with Crippen molar-refractivity contribution >= 4 is 12.2 Å². The molecule has 0 aliphatic rings. The Morgan fingerprint density at radius 3 is 2.43 bits per heavy atom. The van der Waals surface area contributed by atoms with Crippen LogP contribution >= 0.6 is 0 Å². The van der Waals surface area contributed by atoms with Gasteiger partial charge in [0, 0.05) is 6.54 Å². The van der Waals surface area contributed by atoms with Gasteiger partial charge in [0.05, 0.1) is 0 Å². The second kappa shape index (κ2) is 7.53. The number of ether oxygens (including phenoxy) is 1. The number of phenolic OH excluding ortho intramolecular Hbond substituents is 1. The molecule has 0 aliphatic heterocycles. The maximum atomic E-state index is 11.5. The molecule has 1 aromatic rings. The van der Waals surface area contributed by atoms with Crippen molar-refractivity contribution in [1.29, 1.82) is 0 Å². The van der Waals surface area contributed by atoms with Crippen molar-refractivity contribution < 1.29 is 14.6 Å². The third-order valence-corrected chi connectivity index (χ3v) is 3.12. The molecule has 0 atom stereocenters. The van der Waals surface area contributed by atoms with E-state index in [1.165, 1.54) is 0 Å². The van der Waals surface area contributed by atoms with E-state index in [0.717, 1.165) is 11.1 Å². The Kier molecular flexibility index (Phi) is 6.25. The highest BCUT2D eigenvalue weighted by Gasteiger charge is 2.18. The van der Waals surface area contributed by atoms with E-state index < -0.39 is 11.7 Å². The lowest BCUT2D eigenvalue weighted by Crippen LogP contribution is -2.32. The van der Waals surface area contributed by atoms with Crippen LogP contribution in [-0.2, 0) is 10.2 Å². The first-order chi connectivity index (χ1) is 10.5. The van der Waals surface area contributed by atoms with Gasteiger partial charge in [-0.15, -0.1) is 0 Å². The van der Waals surface area contributed by atoms with Crippen LogP contribution in [0.5, 0.6) is 5.75 Å². The first kappa shape index (κ1) is 19.1. The largest absolute Gasteiger partial charge is 0.508 e. The number of phenols is 1. The van der Waals surface area contributed by atoms with Crippen molar-refractivity contribution in [3.05, 3.63) is 35.4 Å². The highest BCUT2D eigenvalue weighted by molar-refractivity contribution is 5.67. The van der Waals surface area contributed by atoms with Crippen LogP contribution in [-0.4, -0.2) is 23.3 Å². The van der Waals surface area contributed by atoms with Crippen molar-refractivity contribution in [1.82, 2.24) is 5.32 Å². The highest BCUT2D eigenvalue weighted by atomic mass is 16.6. The van der Waals surface area contributed by atoms with E-state index in [2.05, 4.69) is 26.1 Å². The molecule has 1 amide bonds. The third kappa shape index (κ3) is 7.22. The molecule has 0 fully saturated rings. The van der Waals surface area contributed by atoms with Gasteiger partial charge in [0.25, 0.3) is 0 Å². The lowest BCUT2D eigenvalue weighted by atomic mass is 9.85. The van der Waals surface area contributed by atoms with E-state index in [1.807, 2.05) is 45.1 Å². The summed E-state index contributed by atoms with van der Waals surface area (Å²) in [6, 6.07) is 5.59. The van der Waals surface area contributed by atoms with E-state index in [9.17, 15) is 9.90 Å². The Bertz CT molecular complexity index is 563. The zero-order valence-electron chi connectivity index (χ0n) is 15.1. The normalized spacial score (nSPS) is 12.4. The number of alkyl carbamates (subject to hydrolysis) is 1. The smallest absolute Gasteiger partial charge is 0.407 e. The summed E-state index contributed by atoms with van der Waals surface area (Å²) < 4.78 is 5.17. The summed E-state index contributed by atoms with van der Waals surface area (Å²) in [6.07, 6.45) is 4.30. The van der Waals surface area contributed by atoms with Crippen LogP contribution in [0.3, 0.4) is 0 Å². The topological polar surface area (TPSA) is 58.6 Å². The second-order valence-electron chi connectivity index (χ2n) is 7.65. The predicted molar refractivity (Wildman–Crippen MR) is 94.7 cm³/mol. The third-order valence-electron chi connectivity index (χ3n) is 3.12. The van der Waals surface area contributed by atoms with Gasteiger partial charge in [-0.1, -0.05) is 39.0 Å². The van der Waals surface area contributed by atoms with Crippen LogP contribution in [0, 0.1) is 0 Å². The summed E-state index contributed by atoms with van der Waals surface area (Å²) in [5.74, 6) is 0.321. The number of amides is 1. The zero-order valence-corrected chi connectivity index (χ0v) is 15.1. The summed E-state index contributed by atoms with van der Waals surface area (Å²) >= 11 is 0. The summed E-state index contributed by atoms with van der Waals surface area (Å²) in [7, 11) is 0. The molecule has 128 valence electrons. The van der Waals surface area contributed by atoms with E-state index in [-0.39, 0.29) is 5.41 Å². The summed E-state index contributed by atoms with van der Waals surface area (Å²) in [5, 5.41) is 12.7. The number of hydrogen-bond donors (Lipinski definition) is 2. The molecule has 0 aliphatic carbocycles. The Labute approximate surface area is 139 Å². The van der Waals surface area contributed by atoms with Gasteiger partial charge < -0.3 is 15.2 Å². The molecule has 0 bridgehead atoms. The van der Waals surface area contributed by atoms with Gasteiger partial charge in [-0.3, -0.25) is 0 Å². The van der Waals surface area contributed by atoms with Crippen LogP contribution in [0.25, 0.3) is 6.08 Å². The van der Waals surface area contributed by atoms with E-state index in [0.29, 0.717) is 18.7 Å². The van der Waals surface area contributed by atoms with Crippen molar-refractivity contribution in [3.63, 3.8) is 0 Å². The van der Waals surface area contributed by atoms with E-state index >= 15 is 0 Å².